The van der Waals surface area contributed by atoms with E-state index in [0.29, 0.717) is 24.9 Å². The standard InChI is InChI=1S/C13H16I2N2O4/c14-10(13-15(16-13)17-13)11(19)21-8-2-6-1-7(8)12(3-6)4-9(18)20-5-12/h6-8,10,16-17H,1-5H2. The Hall–Kier alpha value is 0.320. The molecule has 2 bridgehead atoms. The molecule has 2 N–H and O–H groups in total. The summed E-state index contributed by atoms with van der Waals surface area (Å²) in [5.74, 6) is 0.727. The average Bonchev–Trinajstić information content (AvgIpc) is 3.14. The Morgan fingerprint density at radius 2 is 2.24 bits per heavy atom. The molecule has 5 aliphatic rings. The van der Waals surface area contributed by atoms with Crippen LogP contribution in [0.1, 0.15) is 25.7 Å². The van der Waals surface area contributed by atoms with Crippen LogP contribution in [0.4, 0.5) is 0 Å². The molecule has 3 aliphatic heterocycles. The number of esters is 2. The fourth-order valence-corrected chi connectivity index (χ4v) is 11.9. The van der Waals surface area contributed by atoms with Crippen LogP contribution in [0.3, 0.4) is 0 Å². The fourth-order valence-electron chi connectivity index (χ4n) is 4.55. The van der Waals surface area contributed by atoms with Crippen LogP contribution in [0.25, 0.3) is 0 Å². The summed E-state index contributed by atoms with van der Waals surface area (Å²) in [7, 11) is 0. The molecular weight excluding hydrogens is 502 g/mol. The van der Waals surface area contributed by atoms with Gasteiger partial charge in [-0.15, -0.1) is 0 Å². The summed E-state index contributed by atoms with van der Waals surface area (Å²) < 4.78 is 17.7. The minimum absolute atomic E-state index is 0.0147. The molecule has 2 aliphatic carbocycles. The van der Waals surface area contributed by atoms with Crippen molar-refractivity contribution in [3.63, 3.8) is 0 Å². The van der Waals surface area contributed by atoms with Gasteiger partial charge >= 0.3 is 144 Å². The van der Waals surface area contributed by atoms with Gasteiger partial charge in [-0.2, -0.15) is 0 Å². The molecule has 6 nitrogen and oxygen atoms in total. The molecule has 0 amide bonds. The van der Waals surface area contributed by atoms with Gasteiger partial charge in [-0.1, -0.05) is 0 Å². The molecule has 1 spiro atoms. The van der Waals surface area contributed by atoms with E-state index in [0.717, 1.165) is 19.3 Å². The van der Waals surface area contributed by atoms with Crippen molar-refractivity contribution in [1.82, 2.24) is 7.06 Å². The van der Waals surface area contributed by atoms with Crippen molar-refractivity contribution in [3.8, 4) is 0 Å². The topological polar surface area (TPSA) is 96.5 Å². The molecule has 8 heteroatoms. The van der Waals surface area contributed by atoms with E-state index >= 15 is 0 Å². The predicted molar refractivity (Wildman–Crippen MR) is 89.6 cm³/mol. The number of hydrogen-bond acceptors (Lipinski definition) is 6. The number of fused-ring (bicyclic) bond motifs is 4. The molecule has 0 radical (unpaired) electrons. The van der Waals surface area contributed by atoms with E-state index in [1.165, 1.54) is 0 Å². The number of carbonyl (C=O) groups is 2. The van der Waals surface area contributed by atoms with E-state index in [-0.39, 0.29) is 31.1 Å². The van der Waals surface area contributed by atoms with Gasteiger partial charge in [-0.05, 0) is 0 Å². The zero-order valence-electron chi connectivity index (χ0n) is 11.2. The van der Waals surface area contributed by atoms with Gasteiger partial charge in [-0.3, -0.25) is 0 Å². The molecule has 5 rings (SSSR count). The number of rotatable bonds is 3. The molecule has 3 saturated heterocycles. The molecule has 5 unspecified atom stereocenters. The summed E-state index contributed by atoms with van der Waals surface area (Å²) in [4.78, 5) is 23.9. The van der Waals surface area contributed by atoms with Crippen molar-refractivity contribution in [2.45, 2.75) is 39.4 Å². The molecule has 116 valence electrons. The van der Waals surface area contributed by atoms with E-state index in [1.54, 1.807) is 0 Å². The van der Waals surface area contributed by atoms with Crippen LogP contribution in [0.15, 0.2) is 0 Å². The summed E-state index contributed by atoms with van der Waals surface area (Å²) in [5.41, 5.74) is -0.0436. The normalized spacial score (nSPS) is 47.2. The number of hydrogen-bond donors (Lipinski definition) is 2. The van der Waals surface area contributed by atoms with Crippen molar-refractivity contribution in [1.29, 1.82) is 0 Å². The number of carbonyl (C=O) groups excluding carboxylic acids is 2. The summed E-state index contributed by atoms with van der Waals surface area (Å²) in [6.45, 7) is 0.525. The second kappa shape index (κ2) is 4.23. The van der Waals surface area contributed by atoms with Crippen LogP contribution < -0.4 is 7.06 Å². The van der Waals surface area contributed by atoms with E-state index in [1.807, 2.05) is 0 Å². The number of ether oxygens (including phenoxy) is 2. The van der Waals surface area contributed by atoms with Gasteiger partial charge in [0.2, 0.25) is 0 Å². The summed E-state index contributed by atoms with van der Waals surface area (Å²) >= 11 is 1.10. The van der Waals surface area contributed by atoms with Crippen LogP contribution in [0, 0.1) is 17.3 Å². The van der Waals surface area contributed by atoms with Crippen molar-refractivity contribution >= 4 is 54.9 Å². The van der Waals surface area contributed by atoms with Gasteiger partial charge < -0.3 is 0 Å². The van der Waals surface area contributed by atoms with Gasteiger partial charge in [0.25, 0.3) is 0 Å². The molecule has 0 aromatic heterocycles. The molecule has 2 saturated carbocycles. The van der Waals surface area contributed by atoms with Gasteiger partial charge in [-0.25, -0.2) is 0 Å². The Morgan fingerprint density at radius 1 is 1.48 bits per heavy atom. The van der Waals surface area contributed by atoms with Gasteiger partial charge in [0.15, 0.2) is 0 Å². The minimum atomic E-state index is -1.10. The third-order valence-corrected chi connectivity index (χ3v) is 12.8. The second-order valence-electron chi connectivity index (χ2n) is 6.87. The molecule has 0 aromatic rings. The van der Waals surface area contributed by atoms with E-state index in [4.69, 9.17) is 9.47 Å². The van der Waals surface area contributed by atoms with Gasteiger partial charge in [0.05, 0.1) is 0 Å². The SMILES string of the molecule is O=C1CC2(CO1)CC1CC(OC(=O)C(I)C34NI3N4)C2C1. The molecule has 21 heavy (non-hydrogen) atoms. The number of alkyl halides is 2. The Morgan fingerprint density at radius 3 is 2.81 bits per heavy atom. The van der Waals surface area contributed by atoms with Crippen molar-refractivity contribution in [3.05, 3.63) is 0 Å². The summed E-state index contributed by atoms with van der Waals surface area (Å²) in [6.07, 6.45) is 3.61. The third-order valence-electron chi connectivity index (χ3n) is 5.61. The van der Waals surface area contributed by atoms with Gasteiger partial charge in [0, 0.05) is 0 Å². The molecular formula is C13H16I2N2O4. The van der Waals surface area contributed by atoms with Crippen LogP contribution >= 0.6 is 43.0 Å². The number of nitrogens with one attached hydrogen (secondary N) is 2. The van der Waals surface area contributed by atoms with Crippen LogP contribution in [0.5, 0.6) is 0 Å². The predicted octanol–water partition coefficient (Wildman–Crippen LogP) is 1.26. The fraction of sp³-hybridized carbons (Fsp3) is 0.846. The molecule has 0 aromatic carbocycles. The number of halogens is 2. The average molecular weight is 518 g/mol. The van der Waals surface area contributed by atoms with E-state index in [9.17, 15) is 9.59 Å². The van der Waals surface area contributed by atoms with Gasteiger partial charge in [0.1, 0.15) is 0 Å². The van der Waals surface area contributed by atoms with E-state index < -0.39 is 20.4 Å². The Kier molecular flexibility index (Phi) is 2.77. The maximum absolute atomic E-state index is 12.4. The van der Waals surface area contributed by atoms with Crippen molar-refractivity contribution in [2.75, 3.05) is 6.61 Å². The summed E-state index contributed by atoms with van der Waals surface area (Å²) in [6, 6.07) is 0. The Bertz CT molecular complexity index is 552. The third kappa shape index (κ3) is 1.87. The second-order valence-corrected chi connectivity index (χ2v) is 12.5. The Labute approximate surface area is 143 Å². The first-order valence-corrected chi connectivity index (χ1v) is 11.8. The van der Waals surface area contributed by atoms with Crippen molar-refractivity contribution in [2.24, 2.45) is 17.3 Å². The van der Waals surface area contributed by atoms with Crippen LogP contribution in [0.2, 0.25) is 0 Å². The van der Waals surface area contributed by atoms with E-state index in [2.05, 4.69) is 29.7 Å². The molecule has 3 heterocycles. The zero-order valence-corrected chi connectivity index (χ0v) is 15.5. The first-order chi connectivity index (χ1) is 10.0. The van der Waals surface area contributed by atoms with Crippen LogP contribution in [-0.4, -0.2) is 32.2 Å². The monoisotopic (exact) mass is 518 g/mol. The maximum atomic E-state index is 12.4. The summed E-state index contributed by atoms with van der Waals surface area (Å²) in [5, 5.41) is 0. The number of cyclic esters (lactones) is 1. The molecule has 5 atom stereocenters. The molecule has 5 fully saturated rings. The quantitative estimate of drug-likeness (QED) is 0.146. The van der Waals surface area contributed by atoms with Crippen LogP contribution in [-0.2, 0) is 19.1 Å². The van der Waals surface area contributed by atoms with Crippen molar-refractivity contribution < 1.29 is 19.1 Å². The Balaban J connectivity index is 1.30. The first-order valence-electron chi connectivity index (χ1n) is 7.28. The first kappa shape index (κ1) is 13.7. The zero-order chi connectivity index (χ0) is 14.4.